The fourth-order valence-electron chi connectivity index (χ4n) is 2.25. The van der Waals surface area contributed by atoms with Gasteiger partial charge in [-0.25, -0.2) is 0 Å². The maximum absolute atomic E-state index is 10.4. The van der Waals surface area contributed by atoms with Crippen molar-refractivity contribution in [2.45, 2.75) is 26.7 Å². The molecule has 0 saturated carbocycles. The first kappa shape index (κ1) is 16.7. The van der Waals surface area contributed by atoms with E-state index in [4.69, 9.17) is 0 Å². The van der Waals surface area contributed by atoms with Crippen LogP contribution in [0.15, 0.2) is 54.1 Å². The first-order valence-corrected chi connectivity index (χ1v) is 7.59. The molecule has 3 nitrogen and oxygen atoms in total. The lowest BCUT2D eigenvalue weighted by atomic mass is 10.0. The van der Waals surface area contributed by atoms with Crippen LogP contribution in [0.1, 0.15) is 30.5 Å². The van der Waals surface area contributed by atoms with Crippen molar-refractivity contribution in [2.24, 2.45) is 0 Å². The van der Waals surface area contributed by atoms with Crippen LogP contribution in [0.4, 0.5) is 0 Å². The number of aromatic hydroxyl groups is 3. The van der Waals surface area contributed by atoms with E-state index >= 15 is 0 Å². The van der Waals surface area contributed by atoms with Gasteiger partial charge in [0.05, 0.1) is 0 Å². The number of hydrogen-bond acceptors (Lipinski definition) is 3. The molecule has 2 aromatic rings. The van der Waals surface area contributed by atoms with E-state index in [0.717, 1.165) is 16.7 Å². The van der Waals surface area contributed by atoms with Crippen LogP contribution in [0.3, 0.4) is 0 Å². The molecule has 0 aromatic heterocycles. The molecule has 2 rings (SSSR count). The van der Waals surface area contributed by atoms with Crippen molar-refractivity contribution in [2.75, 3.05) is 0 Å². The molecule has 0 fully saturated rings. The zero-order valence-corrected chi connectivity index (χ0v) is 13.5. The summed E-state index contributed by atoms with van der Waals surface area (Å²) in [4.78, 5) is 0. The van der Waals surface area contributed by atoms with Crippen LogP contribution in [0.25, 0.3) is 6.08 Å². The summed E-state index contributed by atoms with van der Waals surface area (Å²) >= 11 is 0. The fourth-order valence-corrected chi connectivity index (χ4v) is 2.25. The van der Waals surface area contributed by atoms with Crippen LogP contribution in [-0.2, 0) is 12.8 Å². The van der Waals surface area contributed by atoms with Gasteiger partial charge in [-0.15, -0.1) is 0 Å². The number of phenolic OH excluding ortho intramolecular Hbond substituents is 3. The van der Waals surface area contributed by atoms with Crippen molar-refractivity contribution in [3.8, 4) is 17.2 Å². The average Bonchev–Trinajstić information content (AvgIpc) is 2.51. The van der Waals surface area contributed by atoms with Gasteiger partial charge in [0.2, 0.25) is 0 Å². The first-order chi connectivity index (χ1) is 11.0. The van der Waals surface area contributed by atoms with E-state index in [1.165, 1.54) is 0 Å². The average molecular weight is 310 g/mol. The van der Waals surface area contributed by atoms with Crippen LogP contribution in [0.5, 0.6) is 17.2 Å². The number of phenols is 3. The highest BCUT2D eigenvalue weighted by molar-refractivity contribution is 5.54. The number of rotatable bonds is 5. The second kappa shape index (κ2) is 7.54. The minimum atomic E-state index is 0.117. The van der Waals surface area contributed by atoms with Gasteiger partial charge in [0.25, 0.3) is 0 Å². The molecule has 3 N–H and O–H groups in total. The molecule has 0 spiro atoms. The second-order valence-corrected chi connectivity index (χ2v) is 5.75. The lowest BCUT2D eigenvalue weighted by molar-refractivity contribution is 0.437. The maximum Gasteiger partial charge on any atom is 0.126 e. The molecule has 0 aliphatic rings. The molecule has 3 heteroatoms. The molecule has 120 valence electrons. The van der Waals surface area contributed by atoms with E-state index in [-0.39, 0.29) is 17.2 Å². The normalized spacial score (nSPS) is 10.9. The predicted octanol–water partition coefficient (Wildman–Crippen LogP) is 4.57. The molecule has 2 aromatic carbocycles. The topological polar surface area (TPSA) is 60.7 Å². The number of allylic oxidation sites excluding steroid dienone is 3. The van der Waals surface area contributed by atoms with Crippen LogP contribution in [0, 0.1) is 0 Å². The molecule has 23 heavy (non-hydrogen) atoms. The Labute approximate surface area is 136 Å². The molecule has 0 heterocycles. The van der Waals surface area contributed by atoms with Crippen molar-refractivity contribution in [1.29, 1.82) is 0 Å². The third kappa shape index (κ3) is 4.65. The molecule has 0 saturated heterocycles. The molecule has 0 bridgehead atoms. The summed E-state index contributed by atoms with van der Waals surface area (Å²) in [6.07, 6.45) is 6.93. The van der Waals surface area contributed by atoms with Gasteiger partial charge in [0, 0.05) is 5.56 Å². The Balaban J connectivity index is 2.15. The molecular weight excluding hydrogens is 288 g/mol. The molecule has 0 aliphatic carbocycles. The number of hydrogen-bond donors (Lipinski definition) is 3. The lowest BCUT2D eigenvalue weighted by Gasteiger charge is -2.09. The highest BCUT2D eigenvalue weighted by Gasteiger charge is 2.10. The Hall–Kier alpha value is -2.68. The van der Waals surface area contributed by atoms with Gasteiger partial charge in [0.15, 0.2) is 0 Å². The molecule has 0 aliphatic heterocycles. The fraction of sp³-hybridized carbons (Fsp3) is 0.200. The van der Waals surface area contributed by atoms with Crippen LogP contribution in [0.2, 0.25) is 0 Å². The van der Waals surface area contributed by atoms with Crippen molar-refractivity contribution in [3.05, 3.63) is 70.8 Å². The van der Waals surface area contributed by atoms with Gasteiger partial charge < -0.3 is 15.3 Å². The summed E-state index contributed by atoms with van der Waals surface area (Å²) in [5, 5.41) is 29.5. The number of benzene rings is 2. The Kier molecular flexibility index (Phi) is 5.47. The SMILES string of the molecule is CC(C)=CCc1c(O)ccc(CC=Cc2ccc(O)cc2)c1O. The highest BCUT2D eigenvalue weighted by atomic mass is 16.3. The van der Waals surface area contributed by atoms with Gasteiger partial charge in [-0.3, -0.25) is 0 Å². The summed E-state index contributed by atoms with van der Waals surface area (Å²) in [7, 11) is 0. The molecular formula is C20H22O3. The summed E-state index contributed by atoms with van der Waals surface area (Å²) < 4.78 is 0. The Morgan fingerprint density at radius 2 is 1.61 bits per heavy atom. The lowest BCUT2D eigenvalue weighted by Crippen LogP contribution is -1.91. The summed E-state index contributed by atoms with van der Waals surface area (Å²) in [6.45, 7) is 3.97. The molecule has 0 radical (unpaired) electrons. The summed E-state index contributed by atoms with van der Waals surface area (Å²) in [6, 6.07) is 10.3. The van der Waals surface area contributed by atoms with Crippen LogP contribution in [-0.4, -0.2) is 15.3 Å². The van der Waals surface area contributed by atoms with Crippen LogP contribution >= 0.6 is 0 Å². The minimum Gasteiger partial charge on any atom is -0.508 e. The van der Waals surface area contributed by atoms with Crippen LogP contribution < -0.4 is 0 Å². The van der Waals surface area contributed by atoms with Gasteiger partial charge in [-0.05, 0) is 56.0 Å². The monoisotopic (exact) mass is 310 g/mol. The van der Waals surface area contributed by atoms with E-state index < -0.39 is 0 Å². The van der Waals surface area contributed by atoms with E-state index in [1.54, 1.807) is 24.3 Å². The minimum absolute atomic E-state index is 0.117. The Bertz CT molecular complexity index is 721. The largest absolute Gasteiger partial charge is 0.508 e. The summed E-state index contributed by atoms with van der Waals surface area (Å²) in [5.74, 6) is 0.506. The van der Waals surface area contributed by atoms with Gasteiger partial charge in [-0.2, -0.15) is 0 Å². The van der Waals surface area contributed by atoms with E-state index in [2.05, 4.69) is 0 Å². The first-order valence-electron chi connectivity index (χ1n) is 7.59. The quantitative estimate of drug-likeness (QED) is 0.709. The molecule has 0 unspecified atom stereocenters. The van der Waals surface area contributed by atoms with Crippen molar-refractivity contribution >= 4 is 6.08 Å². The smallest absolute Gasteiger partial charge is 0.126 e. The molecule has 0 atom stereocenters. The standard InChI is InChI=1S/C20H22O3/c1-14(2)6-12-18-19(22)13-9-16(20(18)23)5-3-4-15-7-10-17(21)11-8-15/h3-4,6-11,13,21-23H,5,12H2,1-2H3. The van der Waals surface area contributed by atoms with E-state index in [9.17, 15) is 15.3 Å². The van der Waals surface area contributed by atoms with Gasteiger partial charge >= 0.3 is 0 Å². The van der Waals surface area contributed by atoms with E-state index in [1.807, 2.05) is 44.2 Å². The summed E-state index contributed by atoms with van der Waals surface area (Å²) in [5.41, 5.74) is 3.45. The third-order valence-electron chi connectivity index (χ3n) is 3.60. The van der Waals surface area contributed by atoms with E-state index in [0.29, 0.717) is 18.4 Å². The zero-order chi connectivity index (χ0) is 16.8. The third-order valence-corrected chi connectivity index (χ3v) is 3.60. The predicted molar refractivity (Wildman–Crippen MR) is 93.8 cm³/mol. The second-order valence-electron chi connectivity index (χ2n) is 5.75. The van der Waals surface area contributed by atoms with Gasteiger partial charge in [-0.1, -0.05) is 42.0 Å². The zero-order valence-electron chi connectivity index (χ0n) is 13.5. The van der Waals surface area contributed by atoms with Crippen molar-refractivity contribution < 1.29 is 15.3 Å². The Morgan fingerprint density at radius 3 is 2.26 bits per heavy atom. The van der Waals surface area contributed by atoms with Crippen molar-refractivity contribution in [3.63, 3.8) is 0 Å². The highest BCUT2D eigenvalue weighted by Crippen LogP contribution is 2.32. The maximum atomic E-state index is 10.4. The Morgan fingerprint density at radius 1 is 0.913 bits per heavy atom. The van der Waals surface area contributed by atoms with Crippen molar-refractivity contribution in [1.82, 2.24) is 0 Å². The molecule has 0 amide bonds. The van der Waals surface area contributed by atoms with Gasteiger partial charge in [0.1, 0.15) is 17.2 Å².